The molecule has 1 saturated heterocycles. The molecule has 1 aromatic carbocycles. The van der Waals surface area contributed by atoms with Gasteiger partial charge in [-0.3, -0.25) is 4.79 Å². The molecule has 1 unspecified atom stereocenters. The molecule has 0 aromatic heterocycles. The van der Waals surface area contributed by atoms with Crippen molar-refractivity contribution in [3.63, 3.8) is 0 Å². The van der Waals surface area contributed by atoms with Crippen LogP contribution in [0.2, 0.25) is 0 Å². The molecule has 0 radical (unpaired) electrons. The number of nitrogens with one attached hydrogen (secondary N) is 1. The van der Waals surface area contributed by atoms with Crippen LogP contribution in [0.5, 0.6) is 0 Å². The summed E-state index contributed by atoms with van der Waals surface area (Å²) in [5, 5.41) is 0. The molecule has 0 bridgehead atoms. The summed E-state index contributed by atoms with van der Waals surface area (Å²) < 4.78 is 25.4. The van der Waals surface area contributed by atoms with Gasteiger partial charge in [-0.1, -0.05) is 6.92 Å². The molecule has 1 atom stereocenters. The van der Waals surface area contributed by atoms with Gasteiger partial charge in [0, 0.05) is 18.2 Å². The molecule has 0 saturated carbocycles. The van der Waals surface area contributed by atoms with Crippen molar-refractivity contribution in [2.45, 2.75) is 18.2 Å². The Morgan fingerprint density at radius 1 is 1.28 bits per heavy atom. The Bertz CT molecular complexity index is 551. The quantitative estimate of drug-likeness (QED) is 0.888. The molecule has 1 aromatic rings. The lowest BCUT2D eigenvalue weighted by atomic mass is 10.1. The fourth-order valence-electron chi connectivity index (χ4n) is 2.00. The number of rotatable bonds is 3. The third-order valence-corrected chi connectivity index (χ3v) is 4.63. The average Bonchev–Trinajstić information content (AvgIpc) is 2.70. The Hall–Kier alpha value is -1.40. The van der Waals surface area contributed by atoms with E-state index in [0.717, 1.165) is 12.1 Å². The van der Waals surface area contributed by atoms with Crippen LogP contribution in [-0.2, 0) is 14.8 Å². The fraction of sp³-hybridized carbons (Fsp3) is 0.417. The predicted octanol–water partition coefficient (Wildman–Crippen LogP) is 0.967. The van der Waals surface area contributed by atoms with E-state index in [-0.39, 0.29) is 16.7 Å². The molecule has 6 heteroatoms. The summed E-state index contributed by atoms with van der Waals surface area (Å²) in [6, 6.07) is 6.36. The third-order valence-electron chi connectivity index (χ3n) is 3.20. The van der Waals surface area contributed by atoms with Crippen LogP contribution in [0.3, 0.4) is 0 Å². The van der Waals surface area contributed by atoms with E-state index >= 15 is 0 Å². The molecule has 0 aliphatic carbocycles. The Morgan fingerprint density at radius 3 is 2.33 bits per heavy atom. The number of nitrogens with zero attached hydrogens (tertiary/aromatic N) is 1. The topological polar surface area (TPSA) is 66.5 Å². The number of amides is 1. The maximum Gasteiger partial charge on any atom is 0.240 e. The molecule has 5 nitrogen and oxygen atoms in total. The largest absolute Gasteiger partial charge is 0.312 e. The molecule has 1 aliphatic rings. The van der Waals surface area contributed by atoms with Crippen molar-refractivity contribution in [2.75, 3.05) is 18.5 Å². The second-order valence-electron chi connectivity index (χ2n) is 4.38. The number of hydrogen-bond acceptors (Lipinski definition) is 3. The number of hydrogen-bond donors (Lipinski definition) is 1. The van der Waals surface area contributed by atoms with Crippen LogP contribution in [0.15, 0.2) is 29.2 Å². The zero-order valence-electron chi connectivity index (χ0n) is 10.4. The summed E-state index contributed by atoms with van der Waals surface area (Å²) in [4.78, 5) is 13.7. The lowest BCUT2D eigenvalue weighted by Gasteiger charge is -2.16. The normalized spacial score (nSPS) is 20.4. The highest BCUT2D eigenvalue weighted by atomic mass is 32.2. The number of sulfonamides is 1. The molecular formula is C12H16N2O3S. The minimum Gasteiger partial charge on any atom is -0.312 e. The third kappa shape index (κ3) is 2.26. The lowest BCUT2D eigenvalue weighted by molar-refractivity contribution is -0.119. The van der Waals surface area contributed by atoms with Gasteiger partial charge in [0.2, 0.25) is 15.9 Å². The summed E-state index contributed by atoms with van der Waals surface area (Å²) in [5.41, 5.74) is 0.749. The molecule has 18 heavy (non-hydrogen) atoms. The maximum absolute atomic E-state index is 11.8. The number of carbonyl (C=O) groups excluding carboxylic acids is 1. The van der Waals surface area contributed by atoms with Crippen LogP contribution in [0.4, 0.5) is 5.69 Å². The molecule has 1 aliphatic heterocycles. The number of anilines is 1. The summed E-state index contributed by atoms with van der Waals surface area (Å²) in [6.45, 7) is 2.60. The first-order valence-electron chi connectivity index (χ1n) is 5.80. The van der Waals surface area contributed by atoms with Gasteiger partial charge in [0.05, 0.1) is 4.90 Å². The van der Waals surface area contributed by atoms with E-state index < -0.39 is 10.0 Å². The van der Waals surface area contributed by atoms with Gasteiger partial charge in [0.15, 0.2) is 0 Å². The molecule has 1 amide bonds. The van der Waals surface area contributed by atoms with Gasteiger partial charge in [0.1, 0.15) is 0 Å². The molecular weight excluding hydrogens is 252 g/mol. The van der Waals surface area contributed by atoms with E-state index in [2.05, 4.69) is 4.72 Å². The highest BCUT2D eigenvalue weighted by Gasteiger charge is 2.28. The van der Waals surface area contributed by atoms with E-state index in [1.165, 1.54) is 19.2 Å². The van der Waals surface area contributed by atoms with E-state index in [1.807, 2.05) is 6.92 Å². The van der Waals surface area contributed by atoms with Gasteiger partial charge < -0.3 is 4.90 Å². The van der Waals surface area contributed by atoms with Crippen LogP contribution in [-0.4, -0.2) is 27.9 Å². The minimum absolute atomic E-state index is 0.0470. The van der Waals surface area contributed by atoms with Crippen molar-refractivity contribution in [3.8, 4) is 0 Å². The van der Waals surface area contributed by atoms with E-state index in [1.54, 1.807) is 17.0 Å². The summed E-state index contributed by atoms with van der Waals surface area (Å²) in [6.07, 6.45) is 0.843. The molecule has 1 heterocycles. The molecule has 2 rings (SSSR count). The maximum atomic E-state index is 11.8. The van der Waals surface area contributed by atoms with Crippen molar-refractivity contribution >= 4 is 21.6 Å². The van der Waals surface area contributed by atoms with E-state index in [9.17, 15) is 13.2 Å². The van der Waals surface area contributed by atoms with Crippen molar-refractivity contribution in [2.24, 2.45) is 5.92 Å². The predicted molar refractivity (Wildman–Crippen MR) is 68.8 cm³/mol. The summed E-state index contributed by atoms with van der Waals surface area (Å²) >= 11 is 0. The second kappa shape index (κ2) is 4.70. The Kier molecular flexibility index (Phi) is 3.41. The zero-order valence-corrected chi connectivity index (χ0v) is 11.2. The van der Waals surface area contributed by atoms with Gasteiger partial charge in [0.25, 0.3) is 0 Å². The summed E-state index contributed by atoms with van der Waals surface area (Å²) in [5.74, 6) is 0.143. The highest BCUT2D eigenvalue weighted by Crippen LogP contribution is 2.25. The minimum atomic E-state index is -3.42. The Balaban J connectivity index is 2.26. The second-order valence-corrected chi connectivity index (χ2v) is 6.27. The van der Waals surface area contributed by atoms with Gasteiger partial charge in [-0.05, 0) is 37.7 Å². The van der Waals surface area contributed by atoms with Crippen LogP contribution >= 0.6 is 0 Å². The van der Waals surface area contributed by atoms with Crippen molar-refractivity contribution in [1.29, 1.82) is 0 Å². The van der Waals surface area contributed by atoms with Crippen molar-refractivity contribution in [3.05, 3.63) is 24.3 Å². The molecule has 1 N–H and O–H groups in total. The van der Waals surface area contributed by atoms with Gasteiger partial charge in [-0.25, -0.2) is 13.1 Å². The first-order valence-corrected chi connectivity index (χ1v) is 7.29. The highest BCUT2D eigenvalue weighted by molar-refractivity contribution is 7.89. The van der Waals surface area contributed by atoms with Crippen molar-refractivity contribution < 1.29 is 13.2 Å². The Morgan fingerprint density at radius 2 is 1.89 bits per heavy atom. The first kappa shape index (κ1) is 13.0. The fourth-order valence-corrected chi connectivity index (χ4v) is 2.73. The number of benzene rings is 1. The van der Waals surface area contributed by atoms with Gasteiger partial charge in [-0.2, -0.15) is 0 Å². The van der Waals surface area contributed by atoms with Crippen molar-refractivity contribution in [1.82, 2.24) is 4.72 Å². The molecule has 1 fully saturated rings. The molecule has 0 spiro atoms. The SMILES string of the molecule is CNS(=O)(=O)c1ccc(N2CCC(C)C2=O)cc1. The van der Waals surface area contributed by atoms with E-state index in [0.29, 0.717) is 6.54 Å². The summed E-state index contributed by atoms with van der Waals surface area (Å²) in [7, 11) is -2.05. The number of carbonyl (C=O) groups is 1. The van der Waals surface area contributed by atoms with Crippen LogP contribution in [0, 0.1) is 5.92 Å². The van der Waals surface area contributed by atoms with Crippen LogP contribution in [0.25, 0.3) is 0 Å². The molecule has 98 valence electrons. The average molecular weight is 268 g/mol. The van der Waals surface area contributed by atoms with Gasteiger partial charge in [-0.15, -0.1) is 0 Å². The first-order chi connectivity index (χ1) is 8.45. The van der Waals surface area contributed by atoms with Gasteiger partial charge >= 0.3 is 0 Å². The smallest absolute Gasteiger partial charge is 0.240 e. The van der Waals surface area contributed by atoms with Crippen LogP contribution < -0.4 is 9.62 Å². The lowest BCUT2D eigenvalue weighted by Crippen LogP contribution is -2.26. The Labute approximate surface area is 107 Å². The zero-order chi connectivity index (χ0) is 13.3. The van der Waals surface area contributed by atoms with Crippen LogP contribution in [0.1, 0.15) is 13.3 Å². The van der Waals surface area contributed by atoms with E-state index in [4.69, 9.17) is 0 Å². The standard InChI is InChI=1S/C12H16N2O3S/c1-9-7-8-14(12(9)15)10-3-5-11(6-4-10)18(16,17)13-2/h3-6,9,13H,7-8H2,1-2H3. The monoisotopic (exact) mass is 268 g/mol.